The molecule has 0 saturated carbocycles. The second kappa shape index (κ2) is 6.32. The first-order valence-corrected chi connectivity index (χ1v) is 7.74. The zero-order chi connectivity index (χ0) is 14.7. The Morgan fingerprint density at radius 1 is 1.24 bits per heavy atom. The third-order valence-corrected chi connectivity index (χ3v) is 3.68. The number of hydrogen-bond acceptors (Lipinski definition) is 5. The van der Waals surface area contributed by atoms with Crippen molar-refractivity contribution in [1.29, 1.82) is 0 Å². The number of nitrogens with zero attached hydrogens (tertiary/aromatic N) is 3. The van der Waals surface area contributed by atoms with E-state index in [-0.39, 0.29) is 11.3 Å². The molecule has 1 aromatic carbocycles. The summed E-state index contributed by atoms with van der Waals surface area (Å²) in [7, 11) is 0. The maximum absolute atomic E-state index is 5.91. The van der Waals surface area contributed by atoms with Gasteiger partial charge in [-0.25, -0.2) is 0 Å². The third-order valence-electron chi connectivity index (χ3n) is 2.71. The van der Waals surface area contributed by atoms with Gasteiger partial charge >= 0.3 is 6.01 Å². The largest absolute Gasteiger partial charge is 0.463 e. The highest BCUT2D eigenvalue weighted by molar-refractivity contribution is 7.99. The van der Waals surface area contributed by atoms with Gasteiger partial charge in [-0.2, -0.15) is 15.0 Å². The fourth-order valence-corrected chi connectivity index (χ4v) is 2.82. The smallest absolute Gasteiger partial charge is 0.321 e. The zero-order valence-electron chi connectivity index (χ0n) is 11.3. The van der Waals surface area contributed by atoms with Crippen LogP contribution in [0, 0.1) is 0 Å². The van der Waals surface area contributed by atoms with Crippen LogP contribution in [0.4, 0.5) is 0 Å². The van der Waals surface area contributed by atoms with Crippen LogP contribution in [0.5, 0.6) is 6.01 Å². The lowest BCUT2D eigenvalue weighted by atomic mass is 10.3. The van der Waals surface area contributed by atoms with Crippen LogP contribution in [-0.4, -0.2) is 26.5 Å². The number of fused-ring (bicyclic) bond motifs is 1. The van der Waals surface area contributed by atoms with Gasteiger partial charge in [0, 0.05) is 10.9 Å². The van der Waals surface area contributed by atoms with Crippen LogP contribution in [0.3, 0.4) is 0 Å². The van der Waals surface area contributed by atoms with Crippen molar-refractivity contribution in [3.05, 3.63) is 35.6 Å². The van der Waals surface area contributed by atoms with Crippen molar-refractivity contribution in [2.75, 3.05) is 6.61 Å². The summed E-state index contributed by atoms with van der Waals surface area (Å²) in [6.07, 6.45) is 0.883. The highest BCUT2D eigenvalue weighted by Gasteiger charge is 2.09. The van der Waals surface area contributed by atoms with Gasteiger partial charge in [-0.3, -0.25) is 0 Å². The van der Waals surface area contributed by atoms with Crippen molar-refractivity contribution in [1.82, 2.24) is 19.9 Å². The molecule has 0 aliphatic carbocycles. The van der Waals surface area contributed by atoms with Crippen LogP contribution in [0.2, 0.25) is 5.28 Å². The van der Waals surface area contributed by atoms with E-state index < -0.39 is 0 Å². The van der Waals surface area contributed by atoms with E-state index in [1.807, 2.05) is 37.3 Å². The Bertz CT molecular complexity index is 729. The van der Waals surface area contributed by atoms with E-state index in [4.69, 9.17) is 16.3 Å². The normalized spacial score (nSPS) is 11.0. The highest BCUT2D eigenvalue weighted by Crippen LogP contribution is 2.28. The second-order valence-corrected chi connectivity index (χ2v) is 5.69. The predicted octanol–water partition coefficient (Wildman–Crippen LogP) is 3.95. The van der Waals surface area contributed by atoms with E-state index in [1.165, 1.54) is 11.8 Å². The molecular weight excluding hydrogens is 308 g/mol. The van der Waals surface area contributed by atoms with Crippen molar-refractivity contribution in [3.63, 3.8) is 0 Å². The molecule has 0 fully saturated rings. The monoisotopic (exact) mass is 320 g/mol. The first-order chi connectivity index (χ1) is 10.2. The molecule has 5 nitrogen and oxygen atoms in total. The van der Waals surface area contributed by atoms with Gasteiger partial charge in [0.15, 0.2) is 0 Å². The average molecular weight is 321 g/mol. The van der Waals surface area contributed by atoms with Gasteiger partial charge in [0.25, 0.3) is 0 Å². The Morgan fingerprint density at radius 2 is 2.10 bits per heavy atom. The molecule has 2 aromatic heterocycles. The number of nitrogens with one attached hydrogen (secondary N) is 1. The summed E-state index contributed by atoms with van der Waals surface area (Å²) in [6, 6.07) is 10.4. The molecular formula is C14H13ClN4OS. The van der Waals surface area contributed by atoms with Crippen LogP contribution in [0.25, 0.3) is 10.9 Å². The topological polar surface area (TPSA) is 63.7 Å². The van der Waals surface area contributed by atoms with E-state index in [0.717, 1.165) is 22.3 Å². The molecule has 0 spiro atoms. The number of benzene rings is 1. The number of hydrogen-bond donors (Lipinski definition) is 1. The number of ether oxygens (including phenoxy) is 1. The summed E-state index contributed by atoms with van der Waals surface area (Å²) in [4.78, 5) is 15.6. The van der Waals surface area contributed by atoms with E-state index in [1.54, 1.807) is 0 Å². The number of halogens is 1. The standard InChI is InChI=1S/C14H13ClN4OS/c1-2-7-20-13-17-12(15)18-14(19-13)21-11-8-9-5-3-4-6-10(9)16-11/h3-6,8,16H,2,7H2,1H3. The lowest BCUT2D eigenvalue weighted by molar-refractivity contribution is 0.288. The lowest BCUT2D eigenvalue weighted by Crippen LogP contribution is -2.02. The SMILES string of the molecule is CCCOc1nc(Cl)nc(Sc2cc3ccccc3[nH]2)n1. The Balaban J connectivity index is 1.84. The molecule has 0 bridgehead atoms. The fraction of sp³-hybridized carbons (Fsp3) is 0.214. The molecule has 0 radical (unpaired) electrons. The molecule has 21 heavy (non-hydrogen) atoms. The molecule has 0 aliphatic heterocycles. The highest BCUT2D eigenvalue weighted by atomic mass is 35.5. The van der Waals surface area contributed by atoms with Gasteiger partial charge in [0.2, 0.25) is 10.4 Å². The average Bonchev–Trinajstić information content (AvgIpc) is 2.86. The van der Waals surface area contributed by atoms with Crippen LogP contribution in [0.15, 0.2) is 40.5 Å². The molecule has 108 valence electrons. The summed E-state index contributed by atoms with van der Waals surface area (Å²) < 4.78 is 5.40. The summed E-state index contributed by atoms with van der Waals surface area (Å²) in [5.74, 6) is 0. The van der Waals surface area contributed by atoms with Gasteiger partial charge in [0.05, 0.1) is 11.6 Å². The van der Waals surface area contributed by atoms with Crippen molar-refractivity contribution in [2.45, 2.75) is 23.5 Å². The number of H-pyrrole nitrogens is 1. The second-order valence-electron chi connectivity index (χ2n) is 4.34. The van der Waals surface area contributed by atoms with E-state index >= 15 is 0 Å². The van der Waals surface area contributed by atoms with Crippen LogP contribution in [0.1, 0.15) is 13.3 Å². The van der Waals surface area contributed by atoms with E-state index in [0.29, 0.717) is 11.8 Å². The molecule has 0 atom stereocenters. The summed E-state index contributed by atoms with van der Waals surface area (Å²) in [6.45, 7) is 2.57. The number of para-hydroxylation sites is 1. The number of rotatable bonds is 5. The summed E-state index contributed by atoms with van der Waals surface area (Å²) in [5, 5.41) is 2.73. The Hall–Kier alpha value is -1.79. The van der Waals surface area contributed by atoms with Gasteiger partial charge in [-0.05, 0) is 41.9 Å². The number of aromatic nitrogens is 4. The van der Waals surface area contributed by atoms with Gasteiger partial charge in [-0.1, -0.05) is 25.1 Å². The molecule has 0 aliphatic rings. The molecule has 3 aromatic rings. The van der Waals surface area contributed by atoms with E-state index in [9.17, 15) is 0 Å². The van der Waals surface area contributed by atoms with Crippen LogP contribution in [-0.2, 0) is 0 Å². The first-order valence-electron chi connectivity index (χ1n) is 6.54. The zero-order valence-corrected chi connectivity index (χ0v) is 12.9. The minimum Gasteiger partial charge on any atom is -0.463 e. The minimum atomic E-state index is 0.134. The molecule has 1 N–H and O–H groups in total. The Morgan fingerprint density at radius 3 is 2.90 bits per heavy atom. The predicted molar refractivity (Wildman–Crippen MR) is 83.0 cm³/mol. The molecule has 0 amide bonds. The van der Waals surface area contributed by atoms with Crippen molar-refractivity contribution in [2.24, 2.45) is 0 Å². The quantitative estimate of drug-likeness (QED) is 0.771. The number of aromatic amines is 1. The van der Waals surface area contributed by atoms with Gasteiger partial charge in [-0.15, -0.1) is 0 Å². The lowest BCUT2D eigenvalue weighted by Gasteiger charge is -2.04. The summed E-state index contributed by atoms with van der Waals surface area (Å²) in [5.41, 5.74) is 1.07. The molecule has 2 heterocycles. The minimum absolute atomic E-state index is 0.134. The summed E-state index contributed by atoms with van der Waals surface area (Å²) >= 11 is 7.30. The van der Waals surface area contributed by atoms with Crippen molar-refractivity contribution >= 4 is 34.3 Å². The van der Waals surface area contributed by atoms with Gasteiger partial charge < -0.3 is 9.72 Å². The molecule has 3 rings (SSSR count). The van der Waals surface area contributed by atoms with Crippen LogP contribution < -0.4 is 4.74 Å². The molecule has 7 heteroatoms. The van der Waals surface area contributed by atoms with Crippen molar-refractivity contribution < 1.29 is 4.74 Å². The molecule has 0 unspecified atom stereocenters. The van der Waals surface area contributed by atoms with E-state index in [2.05, 4.69) is 19.9 Å². The van der Waals surface area contributed by atoms with Crippen LogP contribution >= 0.6 is 23.4 Å². The Labute approximate surface area is 131 Å². The third kappa shape index (κ3) is 3.46. The maximum Gasteiger partial charge on any atom is 0.321 e. The maximum atomic E-state index is 5.91. The molecule has 0 saturated heterocycles. The fourth-order valence-electron chi connectivity index (χ4n) is 1.82. The van der Waals surface area contributed by atoms with Crippen molar-refractivity contribution in [3.8, 4) is 6.01 Å². The first kappa shape index (κ1) is 14.2. The Kier molecular flexibility index (Phi) is 4.26. The van der Waals surface area contributed by atoms with Gasteiger partial charge in [0.1, 0.15) is 0 Å².